The number of amides is 1. The number of nitrogens with one attached hydrogen (secondary N) is 2. The first-order valence-electron chi connectivity index (χ1n) is 13.0. The number of hydrogen-bond acceptors (Lipinski definition) is 7. The Morgan fingerprint density at radius 2 is 1.79 bits per heavy atom. The number of likely N-dealkylation sites (N-methyl/N-ethyl adjacent to an activating group) is 1. The molecule has 3 heterocycles. The maximum atomic E-state index is 12.5. The van der Waals surface area contributed by atoms with Crippen LogP contribution in [-0.4, -0.2) is 70.0 Å². The number of carbonyl (C=O) groups is 1. The Bertz CT molecular complexity index is 1420. The summed E-state index contributed by atoms with van der Waals surface area (Å²) >= 11 is 0. The summed E-state index contributed by atoms with van der Waals surface area (Å²) in [7, 11) is 4.09. The lowest BCUT2D eigenvalue weighted by atomic mass is 10.0. The standard InChI is InChI=1S/C29H35N7O2/c1-20(2)21-6-5-7-22(16-21)31-29-32-25-17-23(8-9-26(25)35(29)4)38-24-10-11-30-27(18-24)33-28(37)19-36-14-12-34(3)13-15-36/h5-11,16-18,20H,12-15,19H2,1-4H3,(H,31,32)(H,30,33,37). The minimum Gasteiger partial charge on any atom is -0.457 e. The summed E-state index contributed by atoms with van der Waals surface area (Å²) in [5, 5.41) is 6.33. The average molecular weight is 514 g/mol. The lowest BCUT2D eigenvalue weighted by Crippen LogP contribution is -2.47. The first-order chi connectivity index (χ1) is 18.3. The van der Waals surface area contributed by atoms with E-state index in [1.54, 1.807) is 18.3 Å². The van der Waals surface area contributed by atoms with Gasteiger partial charge in [-0.2, -0.15) is 0 Å². The fourth-order valence-corrected chi connectivity index (χ4v) is 4.53. The van der Waals surface area contributed by atoms with Crippen molar-refractivity contribution in [2.24, 2.45) is 7.05 Å². The molecule has 0 bridgehead atoms. The van der Waals surface area contributed by atoms with Gasteiger partial charge in [0.15, 0.2) is 0 Å². The topological polar surface area (TPSA) is 87.6 Å². The fraction of sp³-hybridized carbons (Fsp3) is 0.345. The normalized spacial score (nSPS) is 14.7. The van der Waals surface area contributed by atoms with Crippen LogP contribution >= 0.6 is 0 Å². The Kier molecular flexibility index (Phi) is 7.57. The summed E-state index contributed by atoms with van der Waals surface area (Å²) in [5.74, 6) is 2.85. The molecule has 1 aliphatic rings. The van der Waals surface area contributed by atoms with E-state index in [2.05, 4.69) is 64.5 Å². The maximum absolute atomic E-state index is 12.5. The molecular formula is C29H35N7O2. The molecule has 4 aromatic rings. The van der Waals surface area contributed by atoms with Crippen LogP contribution in [0.15, 0.2) is 60.8 Å². The fourth-order valence-electron chi connectivity index (χ4n) is 4.53. The highest BCUT2D eigenvalue weighted by Gasteiger charge is 2.17. The van der Waals surface area contributed by atoms with Crippen molar-refractivity contribution in [1.82, 2.24) is 24.3 Å². The Labute approximate surface area is 223 Å². The van der Waals surface area contributed by atoms with E-state index in [-0.39, 0.29) is 5.91 Å². The number of benzene rings is 2. The van der Waals surface area contributed by atoms with Crippen LogP contribution < -0.4 is 15.4 Å². The van der Waals surface area contributed by atoms with Gasteiger partial charge in [0.05, 0.1) is 17.6 Å². The van der Waals surface area contributed by atoms with Gasteiger partial charge in [0.1, 0.15) is 17.3 Å². The molecule has 2 aromatic carbocycles. The Hall–Kier alpha value is -3.95. The molecule has 2 aromatic heterocycles. The molecule has 9 nitrogen and oxygen atoms in total. The number of ether oxygens (including phenoxy) is 1. The van der Waals surface area contributed by atoms with Crippen molar-refractivity contribution in [1.29, 1.82) is 0 Å². The van der Waals surface area contributed by atoms with Crippen molar-refractivity contribution < 1.29 is 9.53 Å². The van der Waals surface area contributed by atoms with Crippen molar-refractivity contribution >= 4 is 34.4 Å². The summed E-state index contributed by atoms with van der Waals surface area (Å²) in [6.45, 7) is 8.44. The summed E-state index contributed by atoms with van der Waals surface area (Å²) < 4.78 is 8.13. The Balaban J connectivity index is 1.25. The van der Waals surface area contributed by atoms with E-state index < -0.39 is 0 Å². The molecule has 5 rings (SSSR count). The Morgan fingerprint density at radius 3 is 2.58 bits per heavy atom. The first-order valence-corrected chi connectivity index (χ1v) is 13.0. The molecule has 1 saturated heterocycles. The average Bonchev–Trinajstić information content (AvgIpc) is 3.20. The zero-order valence-corrected chi connectivity index (χ0v) is 22.4. The van der Waals surface area contributed by atoms with E-state index in [0.29, 0.717) is 29.8 Å². The summed E-state index contributed by atoms with van der Waals surface area (Å²) in [4.78, 5) is 26.0. The second-order valence-corrected chi connectivity index (χ2v) is 10.2. The Morgan fingerprint density at radius 1 is 1.00 bits per heavy atom. The molecule has 0 saturated carbocycles. The zero-order chi connectivity index (χ0) is 26.6. The molecule has 0 unspecified atom stereocenters. The number of anilines is 3. The smallest absolute Gasteiger partial charge is 0.239 e. The summed E-state index contributed by atoms with van der Waals surface area (Å²) in [6, 6.07) is 17.7. The van der Waals surface area contributed by atoms with Crippen LogP contribution in [0.4, 0.5) is 17.5 Å². The van der Waals surface area contributed by atoms with Crippen molar-refractivity contribution in [3.63, 3.8) is 0 Å². The van der Waals surface area contributed by atoms with E-state index in [4.69, 9.17) is 9.72 Å². The molecular weight excluding hydrogens is 478 g/mol. The third-order valence-corrected chi connectivity index (χ3v) is 6.86. The number of carbonyl (C=O) groups excluding carboxylic acids is 1. The van der Waals surface area contributed by atoms with Crippen molar-refractivity contribution in [3.8, 4) is 11.5 Å². The van der Waals surface area contributed by atoms with Gasteiger partial charge in [-0.3, -0.25) is 9.69 Å². The molecule has 0 spiro atoms. The minimum atomic E-state index is -0.0759. The number of rotatable bonds is 8. The van der Waals surface area contributed by atoms with Crippen molar-refractivity contribution in [2.45, 2.75) is 19.8 Å². The van der Waals surface area contributed by atoms with Crippen LogP contribution in [0.2, 0.25) is 0 Å². The van der Waals surface area contributed by atoms with Gasteiger partial charge in [0, 0.05) is 57.2 Å². The number of fused-ring (bicyclic) bond motifs is 1. The van der Waals surface area contributed by atoms with Crippen LogP contribution in [0.1, 0.15) is 25.3 Å². The molecule has 2 N–H and O–H groups in total. The SMILES string of the molecule is CC(C)c1cccc(Nc2nc3cc(Oc4ccnc(NC(=O)CN5CCN(C)CC5)c4)ccc3n2C)c1. The largest absolute Gasteiger partial charge is 0.457 e. The second kappa shape index (κ2) is 11.2. The van der Waals surface area contributed by atoms with Gasteiger partial charge >= 0.3 is 0 Å². The molecule has 0 aliphatic carbocycles. The van der Waals surface area contributed by atoms with Gasteiger partial charge in [0.2, 0.25) is 11.9 Å². The highest BCUT2D eigenvalue weighted by molar-refractivity contribution is 5.91. The van der Waals surface area contributed by atoms with Crippen LogP contribution in [0, 0.1) is 0 Å². The van der Waals surface area contributed by atoms with Gasteiger partial charge in [-0.25, -0.2) is 9.97 Å². The summed E-state index contributed by atoms with van der Waals surface area (Å²) in [6.07, 6.45) is 1.63. The number of aryl methyl sites for hydroxylation is 1. The third kappa shape index (κ3) is 6.12. The lowest BCUT2D eigenvalue weighted by molar-refractivity contribution is -0.117. The molecule has 1 fully saturated rings. The molecule has 198 valence electrons. The predicted octanol–water partition coefficient (Wildman–Crippen LogP) is 4.81. The number of piperazine rings is 1. The third-order valence-electron chi connectivity index (χ3n) is 6.86. The quantitative estimate of drug-likeness (QED) is 0.350. The molecule has 38 heavy (non-hydrogen) atoms. The van der Waals surface area contributed by atoms with Gasteiger partial charge in [-0.15, -0.1) is 0 Å². The van der Waals surface area contributed by atoms with E-state index in [9.17, 15) is 4.79 Å². The highest BCUT2D eigenvalue weighted by atomic mass is 16.5. The van der Waals surface area contributed by atoms with E-state index >= 15 is 0 Å². The molecule has 0 radical (unpaired) electrons. The monoisotopic (exact) mass is 513 g/mol. The minimum absolute atomic E-state index is 0.0759. The van der Waals surface area contributed by atoms with Gasteiger partial charge in [0.25, 0.3) is 0 Å². The van der Waals surface area contributed by atoms with Crippen LogP contribution in [0.5, 0.6) is 11.5 Å². The predicted molar refractivity (Wildman–Crippen MR) is 151 cm³/mol. The van der Waals surface area contributed by atoms with Crippen molar-refractivity contribution in [2.75, 3.05) is 50.4 Å². The van der Waals surface area contributed by atoms with E-state index in [1.165, 1.54) is 5.56 Å². The second-order valence-electron chi connectivity index (χ2n) is 10.2. The van der Waals surface area contributed by atoms with E-state index in [1.807, 2.05) is 35.9 Å². The number of nitrogens with zero attached hydrogens (tertiary/aromatic N) is 5. The molecule has 9 heteroatoms. The number of aromatic nitrogens is 3. The van der Waals surface area contributed by atoms with Crippen molar-refractivity contribution in [3.05, 3.63) is 66.4 Å². The number of imidazole rings is 1. The first kappa shape index (κ1) is 25.7. The maximum Gasteiger partial charge on any atom is 0.239 e. The number of pyridine rings is 1. The van der Waals surface area contributed by atoms with Crippen LogP contribution in [0.25, 0.3) is 11.0 Å². The van der Waals surface area contributed by atoms with Gasteiger partial charge in [-0.05, 0) is 48.9 Å². The highest BCUT2D eigenvalue weighted by Crippen LogP contribution is 2.29. The molecule has 1 amide bonds. The van der Waals surface area contributed by atoms with Crippen LogP contribution in [-0.2, 0) is 11.8 Å². The number of hydrogen-bond donors (Lipinski definition) is 2. The van der Waals surface area contributed by atoms with Gasteiger partial charge in [-0.1, -0.05) is 26.0 Å². The summed E-state index contributed by atoms with van der Waals surface area (Å²) in [5.41, 5.74) is 4.09. The van der Waals surface area contributed by atoms with Crippen LogP contribution in [0.3, 0.4) is 0 Å². The zero-order valence-electron chi connectivity index (χ0n) is 22.4. The molecule has 1 aliphatic heterocycles. The molecule has 0 atom stereocenters. The van der Waals surface area contributed by atoms with E-state index in [0.717, 1.165) is 48.8 Å². The lowest BCUT2D eigenvalue weighted by Gasteiger charge is -2.31. The van der Waals surface area contributed by atoms with Gasteiger partial charge < -0.3 is 24.8 Å².